The molecule has 0 saturated carbocycles. The minimum atomic E-state index is -1.52. The molecule has 0 spiro atoms. The van der Waals surface area contributed by atoms with E-state index in [1.807, 2.05) is 0 Å². The molecule has 0 bridgehead atoms. The van der Waals surface area contributed by atoms with E-state index in [9.17, 15) is 18.4 Å². The molecular formula is C14H11F2NO4. The highest BCUT2D eigenvalue weighted by atomic mass is 19.2. The average Bonchev–Trinajstić information content (AvgIpc) is 2.95. The molecule has 0 aliphatic heterocycles. The minimum absolute atomic E-state index is 0.447. The van der Waals surface area contributed by atoms with Gasteiger partial charge in [-0.1, -0.05) is 0 Å². The molecule has 2 N–H and O–H groups in total. The average molecular weight is 295 g/mol. The summed E-state index contributed by atoms with van der Waals surface area (Å²) in [6.45, 7) is 1.61. The summed E-state index contributed by atoms with van der Waals surface area (Å²) in [4.78, 5) is 23.1. The van der Waals surface area contributed by atoms with Crippen molar-refractivity contribution < 1.29 is 27.9 Å². The van der Waals surface area contributed by atoms with Gasteiger partial charge in [0.1, 0.15) is 5.76 Å². The van der Waals surface area contributed by atoms with Gasteiger partial charge in [-0.05, 0) is 31.2 Å². The smallest absolute Gasteiger partial charge is 0.336 e. The molecule has 1 amide bonds. The molecule has 1 atom stereocenters. The molecule has 0 aliphatic rings. The van der Waals surface area contributed by atoms with Crippen LogP contribution in [-0.4, -0.2) is 17.0 Å². The number of hydrogen-bond acceptors (Lipinski definition) is 3. The fourth-order valence-electron chi connectivity index (χ4n) is 1.79. The highest BCUT2D eigenvalue weighted by molar-refractivity contribution is 6.04. The second kappa shape index (κ2) is 5.74. The van der Waals surface area contributed by atoms with E-state index >= 15 is 0 Å². The van der Waals surface area contributed by atoms with Crippen molar-refractivity contribution in [3.8, 4) is 0 Å². The molecule has 1 aromatic heterocycles. The molecule has 1 aromatic carbocycles. The van der Waals surface area contributed by atoms with Crippen LogP contribution in [0.4, 0.5) is 8.78 Å². The van der Waals surface area contributed by atoms with Crippen LogP contribution in [0, 0.1) is 11.6 Å². The summed E-state index contributed by atoms with van der Waals surface area (Å²) in [5.74, 6) is -4.54. The van der Waals surface area contributed by atoms with Crippen LogP contribution in [0.2, 0.25) is 0 Å². The summed E-state index contributed by atoms with van der Waals surface area (Å²) >= 11 is 0. The van der Waals surface area contributed by atoms with E-state index in [2.05, 4.69) is 5.32 Å². The SMILES string of the molecule is C[C@@H](NC(=O)c1cc(F)c(F)cc1C(=O)O)c1ccco1. The lowest BCUT2D eigenvalue weighted by molar-refractivity contribution is 0.0689. The van der Waals surface area contributed by atoms with Crippen molar-refractivity contribution in [2.45, 2.75) is 13.0 Å². The molecular weight excluding hydrogens is 284 g/mol. The zero-order valence-electron chi connectivity index (χ0n) is 10.9. The van der Waals surface area contributed by atoms with Gasteiger partial charge in [0.2, 0.25) is 0 Å². The first kappa shape index (κ1) is 14.7. The van der Waals surface area contributed by atoms with Crippen molar-refractivity contribution >= 4 is 11.9 Å². The Labute approximate surface area is 118 Å². The summed E-state index contributed by atoms with van der Waals surface area (Å²) in [5.41, 5.74) is -1.07. The molecule has 1 heterocycles. The molecule has 0 unspecified atom stereocenters. The summed E-state index contributed by atoms with van der Waals surface area (Å²) < 4.78 is 31.4. The lowest BCUT2D eigenvalue weighted by Gasteiger charge is -2.13. The van der Waals surface area contributed by atoms with Gasteiger partial charge in [0.05, 0.1) is 23.4 Å². The molecule has 110 valence electrons. The Kier molecular flexibility index (Phi) is 4.02. The number of hydrogen-bond donors (Lipinski definition) is 2. The van der Waals surface area contributed by atoms with Crippen LogP contribution in [0.1, 0.15) is 39.4 Å². The predicted molar refractivity (Wildman–Crippen MR) is 67.9 cm³/mol. The number of carboxylic acid groups (broad SMARTS) is 1. The number of carboxylic acids is 1. The van der Waals surface area contributed by atoms with Crippen LogP contribution in [0.25, 0.3) is 0 Å². The number of aromatic carboxylic acids is 1. The first-order chi connectivity index (χ1) is 9.90. The molecule has 0 radical (unpaired) electrons. The van der Waals surface area contributed by atoms with E-state index < -0.39 is 40.7 Å². The van der Waals surface area contributed by atoms with Gasteiger partial charge in [-0.25, -0.2) is 13.6 Å². The van der Waals surface area contributed by atoms with Crippen molar-refractivity contribution in [2.24, 2.45) is 0 Å². The molecule has 0 fully saturated rings. The summed E-state index contributed by atoms with van der Waals surface area (Å²) in [6, 6.07) is 3.72. The number of benzene rings is 1. The normalized spacial score (nSPS) is 12.0. The Morgan fingerprint density at radius 2 is 1.86 bits per heavy atom. The van der Waals surface area contributed by atoms with E-state index in [0.29, 0.717) is 17.9 Å². The number of nitrogens with one attached hydrogen (secondary N) is 1. The third kappa shape index (κ3) is 3.07. The number of rotatable bonds is 4. The number of furan rings is 1. The second-order valence-corrected chi connectivity index (χ2v) is 4.33. The van der Waals surface area contributed by atoms with Crippen molar-refractivity contribution in [3.63, 3.8) is 0 Å². The Morgan fingerprint density at radius 3 is 2.38 bits per heavy atom. The number of carbonyl (C=O) groups excluding carboxylic acids is 1. The van der Waals surface area contributed by atoms with Crippen LogP contribution in [0.3, 0.4) is 0 Å². The van der Waals surface area contributed by atoms with Gasteiger partial charge in [0.15, 0.2) is 11.6 Å². The van der Waals surface area contributed by atoms with E-state index in [0.717, 1.165) is 0 Å². The van der Waals surface area contributed by atoms with Crippen molar-refractivity contribution in [2.75, 3.05) is 0 Å². The van der Waals surface area contributed by atoms with E-state index in [4.69, 9.17) is 9.52 Å². The highest BCUT2D eigenvalue weighted by Crippen LogP contribution is 2.18. The molecule has 21 heavy (non-hydrogen) atoms. The topological polar surface area (TPSA) is 79.5 Å². The monoisotopic (exact) mass is 295 g/mol. The largest absolute Gasteiger partial charge is 0.478 e. The fourth-order valence-corrected chi connectivity index (χ4v) is 1.79. The Morgan fingerprint density at radius 1 is 1.24 bits per heavy atom. The lowest BCUT2D eigenvalue weighted by Crippen LogP contribution is -2.28. The van der Waals surface area contributed by atoms with Crippen molar-refractivity contribution in [1.82, 2.24) is 5.32 Å². The molecule has 2 aromatic rings. The Balaban J connectivity index is 2.30. The van der Waals surface area contributed by atoms with Gasteiger partial charge >= 0.3 is 5.97 Å². The number of carbonyl (C=O) groups is 2. The van der Waals surface area contributed by atoms with Gasteiger partial charge < -0.3 is 14.8 Å². The molecule has 0 aliphatic carbocycles. The van der Waals surface area contributed by atoms with E-state index in [1.165, 1.54) is 6.26 Å². The summed E-state index contributed by atoms with van der Waals surface area (Å²) in [6.07, 6.45) is 1.41. The Bertz CT molecular complexity index is 683. The molecule has 5 nitrogen and oxygen atoms in total. The third-order valence-corrected chi connectivity index (χ3v) is 2.85. The number of amides is 1. The van der Waals surface area contributed by atoms with Crippen LogP contribution >= 0.6 is 0 Å². The van der Waals surface area contributed by atoms with Crippen molar-refractivity contribution in [1.29, 1.82) is 0 Å². The maximum atomic E-state index is 13.2. The number of halogens is 2. The predicted octanol–water partition coefficient (Wildman–Crippen LogP) is 2.75. The quantitative estimate of drug-likeness (QED) is 0.909. The highest BCUT2D eigenvalue weighted by Gasteiger charge is 2.22. The molecule has 0 saturated heterocycles. The van der Waals surface area contributed by atoms with E-state index in [-0.39, 0.29) is 0 Å². The lowest BCUT2D eigenvalue weighted by atomic mass is 10.1. The van der Waals surface area contributed by atoms with Crippen LogP contribution in [-0.2, 0) is 0 Å². The van der Waals surface area contributed by atoms with Gasteiger partial charge in [0, 0.05) is 0 Å². The minimum Gasteiger partial charge on any atom is -0.478 e. The zero-order chi connectivity index (χ0) is 15.6. The Hall–Kier alpha value is -2.70. The third-order valence-electron chi connectivity index (χ3n) is 2.85. The van der Waals surface area contributed by atoms with Gasteiger partial charge in [0.25, 0.3) is 5.91 Å². The summed E-state index contributed by atoms with van der Waals surface area (Å²) in [7, 11) is 0. The standard InChI is InChI=1S/C14H11F2NO4/c1-7(12-3-2-4-21-12)17-13(18)8-5-10(15)11(16)6-9(8)14(19)20/h2-7H,1H3,(H,17,18)(H,19,20)/t7-/m1/s1. The molecule has 2 rings (SSSR count). The maximum absolute atomic E-state index is 13.2. The van der Waals surface area contributed by atoms with Gasteiger partial charge in [-0.3, -0.25) is 4.79 Å². The van der Waals surface area contributed by atoms with Crippen LogP contribution < -0.4 is 5.32 Å². The first-order valence-electron chi connectivity index (χ1n) is 5.96. The van der Waals surface area contributed by atoms with Gasteiger partial charge in [-0.2, -0.15) is 0 Å². The zero-order valence-corrected chi connectivity index (χ0v) is 10.9. The van der Waals surface area contributed by atoms with Gasteiger partial charge in [-0.15, -0.1) is 0 Å². The fraction of sp³-hybridized carbons (Fsp3) is 0.143. The maximum Gasteiger partial charge on any atom is 0.336 e. The van der Waals surface area contributed by atoms with E-state index in [1.54, 1.807) is 19.1 Å². The van der Waals surface area contributed by atoms with Crippen LogP contribution in [0.5, 0.6) is 0 Å². The first-order valence-corrected chi connectivity index (χ1v) is 5.96. The molecule has 7 heteroatoms. The van der Waals surface area contributed by atoms with Crippen molar-refractivity contribution in [3.05, 3.63) is 59.1 Å². The second-order valence-electron chi connectivity index (χ2n) is 4.33. The van der Waals surface area contributed by atoms with Crippen LogP contribution in [0.15, 0.2) is 34.9 Å². The summed E-state index contributed by atoms with van der Waals surface area (Å²) in [5, 5.41) is 11.4.